The zero-order valence-electron chi connectivity index (χ0n) is 16.1. The average molecular weight is 383 g/mol. The fraction of sp³-hybridized carbons (Fsp3) is 0.350. The molecule has 27 heavy (non-hydrogen) atoms. The second kappa shape index (κ2) is 9.32. The highest BCUT2D eigenvalue weighted by Gasteiger charge is 2.10. The van der Waals surface area contributed by atoms with Gasteiger partial charge in [0.15, 0.2) is 5.96 Å². The number of benzene rings is 1. The summed E-state index contributed by atoms with van der Waals surface area (Å²) < 4.78 is 2.19. The van der Waals surface area contributed by atoms with Crippen LogP contribution in [-0.2, 0) is 26.1 Å². The van der Waals surface area contributed by atoms with Crippen LogP contribution in [-0.4, -0.2) is 39.5 Å². The number of guanidine groups is 1. The van der Waals surface area contributed by atoms with Gasteiger partial charge in [-0.2, -0.15) is 0 Å². The van der Waals surface area contributed by atoms with Gasteiger partial charge in [0.1, 0.15) is 5.82 Å². The number of nitrogens with one attached hydrogen (secondary N) is 1. The molecule has 142 valence electrons. The van der Waals surface area contributed by atoms with Gasteiger partial charge in [-0.15, -0.1) is 11.3 Å². The van der Waals surface area contributed by atoms with Crippen LogP contribution in [0.15, 0.2) is 53.1 Å². The van der Waals surface area contributed by atoms with E-state index in [4.69, 9.17) is 0 Å². The van der Waals surface area contributed by atoms with Gasteiger partial charge < -0.3 is 14.8 Å². The third-order valence-electron chi connectivity index (χ3n) is 4.33. The van der Waals surface area contributed by atoms with Crippen LogP contribution in [0.2, 0.25) is 0 Å². The molecule has 0 radical (unpaired) electrons. The van der Waals surface area contributed by atoms with Gasteiger partial charge >= 0.3 is 0 Å². The Balaban J connectivity index is 1.55. The first-order valence-corrected chi connectivity index (χ1v) is 9.90. The maximum atomic E-state index is 4.52. The molecule has 0 aliphatic heterocycles. The monoisotopic (exact) mass is 382 g/mol. The van der Waals surface area contributed by atoms with Gasteiger partial charge in [-0.25, -0.2) is 9.97 Å². The number of nitrogens with zero attached hydrogens (tertiary/aromatic N) is 5. The predicted octanol–water partition coefficient (Wildman–Crippen LogP) is 3.10. The molecule has 0 bridgehead atoms. The molecule has 0 spiro atoms. The molecule has 7 heteroatoms. The van der Waals surface area contributed by atoms with E-state index in [9.17, 15) is 0 Å². The van der Waals surface area contributed by atoms with Crippen LogP contribution in [0.1, 0.15) is 22.1 Å². The molecule has 0 aliphatic rings. The van der Waals surface area contributed by atoms with Crippen molar-refractivity contribution in [1.82, 2.24) is 24.8 Å². The number of aliphatic imine (C=N–C) groups is 1. The molecule has 0 fully saturated rings. The highest BCUT2D eigenvalue weighted by Crippen LogP contribution is 2.10. The number of imidazole rings is 1. The Hall–Kier alpha value is -2.67. The molecular formula is C20H26N6S. The van der Waals surface area contributed by atoms with Gasteiger partial charge in [-0.1, -0.05) is 30.3 Å². The third-order valence-corrected chi connectivity index (χ3v) is 5.15. The van der Waals surface area contributed by atoms with Crippen molar-refractivity contribution < 1.29 is 0 Å². The van der Waals surface area contributed by atoms with Gasteiger partial charge in [0.25, 0.3) is 0 Å². The van der Waals surface area contributed by atoms with Crippen LogP contribution < -0.4 is 5.32 Å². The number of aryl methyl sites for hydroxylation is 3. The molecule has 1 aromatic carbocycles. The quantitative estimate of drug-likeness (QED) is 0.504. The minimum absolute atomic E-state index is 0.634. The molecule has 6 nitrogen and oxygen atoms in total. The van der Waals surface area contributed by atoms with E-state index in [0.29, 0.717) is 6.54 Å². The van der Waals surface area contributed by atoms with E-state index < -0.39 is 0 Å². The molecule has 3 rings (SSSR count). The van der Waals surface area contributed by atoms with Crippen molar-refractivity contribution in [3.8, 4) is 0 Å². The lowest BCUT2D eigenvalue weighted by Crippen LogP contribution is -2.38. The zero-order chi connectivity index (χ0) is 19.1. The summed E-state index contributed by atoms with van der Waals surface area (Å²) in [5.74, 6) is 1.84. The van der Waals surface area contributed by atoms with Gasteiger partial charge in [-0.3, -0.25) is 4.99 Å². The molecule has 2 heterocycles. The predicted molar refractivity (Wildman–Crippen MR) is 111 cm³/mol. The number of aromatic nitrogens is 3. The molecule has 1 N–H and O–H groups in total. The van der Waals surface area contributed by atoms with E-state index in [1.807, 2.05) is 32.4 Å². The van der Waals surface area contributed by atoms with Crippen molar-refractivity contribution in [1.29, 1.82) is 0 Å². The highest BCUT2D eigenvalue weighted by molar-refractivity contribution is 7.09. The highest BCUT2D eigenvalue weighted by atomic mass is 32.1. The summed E-state index contributed by atoms with van der Waals surface area (Å²) in [6.45, 7) is 4.30. The Kier molecular flexibility index (Phi) is 6.59. The Morgan fingerprint density at radius 3 is 2.81 bits per heavy atom. The van der Waals surface area contributed by atoms with Crippen LogP contribution in [0.5, 0.6) is 0 Å². The Morgan fingerprint density at radius 2 is 2.11 bits per heavy atom. The van der Waals surface area contributed by atoms with Crippen molar-refractivity contribution in [2.75, 3.05) is 14.1 Å². The molecule has 0 saturated heterocycles. The first-order valence-electron chi connectivity index (χ1n) is 9.02. The first-order chi connectivity index (χ1) is 13.2. The fourth-order valence-corrected chi connectivity index (χ4v) is 3.55. The third kappa shape index (κ3) is 5.40. The molecule has 2 aromatic heterocycles. The maximum Gasteiger partial charge on any atom is 0.194 e. The number of hydrogen-bond acceptors (Lipinski definition) is 4. The topological polar surface area (TPSA) is 58.3 Å². The van der Waals surface area contributed by atoms with Crippen LogP contribution in [0.25, 0.3) is 0 Å². The molecule has 0 saturated carbocycles. The Bertz CT molecular complexity index is 867. The second-order valence-electron chi connectivity index (χ2n) is 6.39. The van der Waals surface area contributed by atoms with Crippen molar-refractivity contribution in [2.24, 2.45) is 4.99 Å². The molecule has 0 atom stereocenters. The van der Waals surface area contributed by atoms with Gasteiger partial charge in [0.05, 0.1) is 23.8 Å². The second-order valence-corrected chi connectivity index (χ2v) is 7.45. The molecular weight excluding hydrogens is 356 g/mol. The molecule has 3 aromatic rings. The van der Waals surface area contributed by atoms with Crippen LogP contribution >= 0.6 is 11.3 Å². The number of thiazole rings is 1. The van der Waals surface area contributed by atoms with E-state index in [2.05, 4.69) is 59.4 Å². The van der Waals surface area contributed by atoms with E-state index in [1.165, 1.54) is 5.56 Å². The van der Waals surface area contributed by atoms with Crippen molar-refractivity contribution >= 4 is 17.3 Å². The minimum Gasteiger partial charge on any atom is -0.349 e. The van der Waals surface area contributed by atoms with Crippen molar-refractivity contribution in [2.45, 2.75) is 33.0 Å². The number of rotatable bonds is 7. The average Bonchev–Trinajstić information content (AvgIpc) is 3.30. The summed E-state index contributed by atoms with van der Waals surface area (Å²) in [6, 6.07) is 10.5. The van der Waals surface area contributed by atoms with Crippen molar-refractivity contribution in [3.05, 3.63) is 70.2 Å². The first kappa shape index (κ1) is 19.1. The molecule has 0 amide bonds. The van der Waals surface area contributed by atoms with Gasteiger partial charge in [0.2, 0.25) is 0 Å². The summed E-state index contributed by atoms with van der Waals surface area (Å²) in [5.41, 5.74) is 2.39. The van der Waals surface area contributed by atoms with Gasteiger partial charge in [-0.05, 0) is 18.9 Å². The normalized spacial score (nSPS) is 11.6. The van der Waals surface area contributed by atoms with E-state index in [0.717, 1.165) is 42.0 Å². The summed E-state index contributed by atoms with van der Waals surface area (Å²) in [4.78, 5) is 15.5. The summed E-state index contributed by atoms with van der Waals surface area (Å²) in [5, 5.41) is 6.58. The van der Waals surface area contributed by atoms with Crippen LogP contribution in [0.3, 0.4) is 0 Å². The van der Waals surface area contributed by atoms with E-state index in [-0.39, 0.29) is 0 Å². The molecule has 0 aliphatic carbocycles. The lowest BCUT2D eigenvalue weighted by atomic mass is 10.1. The van der Waals surface area contributed by atoms with Crippen LogP contribution in [0, 0.1) is 6.92 Å². The lowest BCUT2D eigenvalue weighted by molar-refractivity contribution is 0.468. The van der Waals surface area contributed by atoms with E-state index >= 15 is 0 Å². The lowest BCUT2D eigenvalue weighted by Gasteiger charge is -2.21. The summed E-state index contributed by atoms with van der Waals surface area (Å²) in [6.07, 6.45) is 4.87. The smallest absolute Gasteiger partial charge is 0.194 e. The number of hydrogen-bond donors (Lipinski definition) is 1. The summed E-state index contributed by atoms with van der Waals surface area (Å²) in [7, 11) is 3.82. The standard InChI is InChI=1S/C20H26N6S/c1-16-24-18(15-27-16)14-25(3)20(21-2)23-13-19-22-10-12-26(19)11-9-17-7-5-4-6-8-17/h4-8,10,12,15H,9,11,13-14H2,1-3H3,(H,21,23). The Labute approximate surface area is 164 Å². The fourth-order valence-electron chi connectivity index (χ4n) is 2.95. The Morgan fingerprint density at radius 1 is 1.30 bits per heavy atom. The van der Waals surface area contributed by atoms with Crippen LogP contribution in [0.4, 0.5) is 0 Å². The van der Waals surface area contributed by atoms with E-state index in [1.54, 1.807) is 18.4 Å². The largest absolute Gasteiger partial charge is 0.349 e. The summed E-state index contributed by atoms with van der Waals surface area (Å²) >= 11 is 1.67. The van der Waals surface area contributed by atoms with Crippen molar-refractivity contribution in [3.63, 3.8) is 0 Å². The maximum absolute atomic E-state index is 4.52. The zero-order valence-corrected chi connectivity index (χ0v) is 16.9. The van der Waals surface area contributed by atoms with Gasteiger partial charge in [0, 0.05) is 38.4 Å². The minimum atomic E-state index is 0.634. The molecule has 0 unspecified atom stereocenters. The SMILES string of the molecule is CN=C(NCc1nccn1CCc1ccccc1)N(C)Cc1csc(C)n1.